The maximum Gasteiger partial charge on any atom is 0.244 e. The molecule has 8 heteroatoms. The lowest BCUT2D eigenvalue weighted by molar-refractivity contribution is 0.138. The van der Waals surface area contributed by atoms with Gasteiger partial charge >= 0.3 is 0 Å². The van der Waals surface area contributed by atoms with E-state index in [1.807, 2.05) is 6.92 Å². The summed E-state index contributed by atoms with van der Waals surface area (Å²) in [5.74, 6) is 0.0453. The highest BCUT2D eigenvalue weighted by Gasteiger charge is 2.25. The molecule has 0 aliphatic heterocycles. The van der Waals surface area contributed by atoms with Crippen molar-refractivity contribution in [2.45, 2.75) is 17.7 Å². The summed E-state index contributed by atoms with van der Waals surface area (Å²) in [6.07, 6.45) is 0. The summed E-state index contributed by atoms with van der Waals surface area (Å²) in [7, 11) is -2.22. The third kappa shape index (κ3) is 4.00. The standard InChI is InChI=1S/C12H16Cl3NO3S/c1-3-19-7-6-16(2)20(17,18)11-5-4-10(14)9(8-13)12(11)15/h4-5H,3,6-8H2,1-2H3. The molecule has 0 atom stereocenters. The van der Waals surface area contributed by atoms with Crippen LogP contribution >= 0.6 is 34.8 Å². The summed E-state index contributed by atoms with van der Waals surface area (Å²) < 4.78 is 31.2. The molecule has 0 heterocycles. The molecule has 0 radical (unpaired) electrons. The molecule has 4 nitrogen and oxygen atoms in total. The van der Waals surface area contributed by atoms with Crippen molar-refractivity contribution < 1.29 is 13.2 Å². The van der Waals surface area contributed by atoms with Gasteiger partial charge < -0.3 is 4.74 Å². The van der Waals surface area contributed by atoms with Crippen LogP contribution in [0.2, 0.25) is 10.0 Å². The van der Waals surface area contributed by atoms with Gasteiger partial charge in [-0.15, -0.1) is 11.6 Å². The quantitative estimate of drug-likeness (QED) is 0.553. The highest BCUT2D eigenvalue weighted by Crippen LogP contribution is 2.33. The Bertz CT molecular complexity index is 563. The Morgan fingerprint density at radius 3 is 2.50 bits per heavy atom. The second-order valence-electron chi connectivity index (χ2n) is 4.00. The minimum absolute atomic E-state index is 0.00165. The monoisotopic (exact) mass is 359 g/mol. The number of alkyl halides is 1. The molecule has 0 N–H and O–H groups in total. The van der Waals surface area contributed by atoms with Gasteiger partial charge in [0, 0.05) is 30.8 Å². The van der Waals surface area contributed by atoms with Crippen molar-refractivity contribution in [1.29, 1.82) is 0 Å². The fraction of sp³-hybridized carbons (Fsp3) is 0.500. The maximum atomic E-state index is 12.4. The zero-order valence-corrected chi connectivity index (χ0v) is 14.3. The van der Waals surface area contributed by atoms with Crippen molar-refractivity contribution in [2.75, 3.05) is 26.8 Å². The molecule has 114 valence electrons. The lowest BCUT2D eigenvalue weighted by Crippen LogP contribution is -2.30. The molecule has 1 aromatic rings. The van der Waals surface area contributed by atoms with E-state index in [2.05, 4.69) is 0 Å². The predicted molar refractivity (Wildman–Crippen MR) is 82.3 cm³/mol. The van der Waals surface area contributed by atoms with Gasteiger partial charge in [-0.2, -0.15) is 4.31 Å². The molecule has 0 saturated heterocycles. The third-order valence-corrected chi connectivity index (χ3v) is 5.79. The van der Waals surface area contributed by atoms with E-state index in [1.165, 1.54) is 23.5 Å². The van der Waals surface area contributed by atoms with Gasteiger partial charge in [-0.1, -0.05) is 23.2 Å². The zero-order chi connectivity index (χ0) is 15.3. The van der Waals surface area contributed by atoms with Gasteiger partial charge in [-0.25, -0.2) is 8.42 Å². The Hall–Kier alpha value is -0.0400. The molecule has 1 rings (SSSR count). The van der Waals surface area contributed by atoms with Crippen LogP contribution in [-0.2, 0) is 20.6 Å². The largest absolute Gasteiger partial charge is 0.380 e. The molecule has 0 spiro atoms. The van der Waals surface area contributed by atoms with Crippen molar-refractivity contribution in [1.82, 2.24) is 4.31 Å². The van der Waals surface area contributed by atoms with Crippen LogP contribution in [0.1, 0.15) is 12.5 Å². The Morgan fingerprint density at radius 2 is 1.95 bits per heavy atom. The first-order valence-corrected chi connectivity index (χ1v) is 8.66. The Morgan fingerprint density at radius 1 is 1.30 bits per heavy atom. The first-order chi connectivity index (χ1) is 9.36. The number of hydrogen-bond donors (Lipinski definition) is 0. The van der Waals surface area contributed by atoms with Crippen molar-refractivity contribution in [3.63, 3.8) is 0 Å². The molecular weight excluding hydrogens is 345 g/mol. The van der Waals surface area contributed by atoms with Crippen LogP contribution in [0, 0.1) is 0 Å². The number of sulfonamides is 1. The number of hydrogen-bond acceptors (Lipinski definition) is 3. The lowest BCUT2D eigenvalue weighted by Gasteiger charge is -2.19. The van der Waals surface area contributed by atoms with Gasteiger partial charge in [0.1, 0.15) is 4.90 Å². The molecule has 20 heavy (non-hydrogen) atoms. The van der Waals surface area contributed by atoms with E-state index in [1.54, 1.807) is 0 Å². The average Bonchev–Trinajstić information content (AvgIpc) is 2.39. The minimum Gasteiger partial charge on any atom is -0.380 e. The van der Waals surface area contributed by atoms with Crippen molar-refractivity contribution in [3.05, 3.63) is 27.7 Å². The molecule has 1 aromatic carbocycles. The number of halogens is 3. The third-order valence-electron chi connectivity index (χ3n) is 2.73. The summed E-state index contributed by atoms with van der Waals surface area (Å²) in [6, 6.07) is 2.86. The molecule has 0 unspecified atom stereocenters. The van der Waals surface area contributed by atoms with Gasteiger partial charge in [-0.05, 0) is 19.1 Å². The van der Waals surface area contributed by atoms with E-state index < -0.39 is 10.0 Å². The number of ether oxygens (including phenoxy) is 1. The molecule has 0 aliphatic rings. The summed E-state index contributed by atoms with van der Waals surface area (Å²) in [4.78, 5) is -0.00165. The minimum atomic E-state index is -3.70. The second kappa shape index (κ2) is 7.82. The number of nitrogens with zero attached hydrogens (tertiary/aromatic N) is 1. The van der Waals surface area contributed by atoms with Crippen LogP contribution in [0.15, 0.2) is 17.0 Å². The van der Waals surface area contributed by atoms with E-state index in [9.17, 15) is 8.42 Å². The second-order valence-corrected chi connectivity index (χ2v) is 7.06. The Balaban J connectivity index is 3.10. The highest BCUT2D eigenvalue weighted by atomic mass is 35.5. The molecule has 0 aliphatic carbocycles. The Labute approximate surface area is 134 Å². The molecule has 0 saturated carbocycles. The molecule has 0 aromatic heterocycles. The fourth-order valence-corrected chi connectivity index (χ4v) is 3.97. The predicted octanol–water partition coefficient (Wildman–Crippen LogP) is 3.39. The van der Waals surface area contributed by atoms with Crippen LogP contribution < -0.4 is 0 Å². The van der Waals surface area contributed by atoms with E-state index in [0.717, 1.165) is 0 Å². The molecule has 0 bridgehead atoms. The smallest absolute Gasteiger partial charge is 0.244 e. The lowest BCUT2D eigenvalue weighted by atomic mass is 10.2. The van der Waals surface area contributed by atoms with Gasteiger partial charge in [0.05, 0.1) is 17.5 Å². The summed E-state index contributed by atoms with van der Waals surface area (Å²) in [5.41, 5.74) is 0.411. The van der Waals surface area contributed by atoms with Crippen LogP contribution in [-0.4, -0.2) is 39.5 Å². The van der Waals surface area contributed by atoms with E-state index in [0.29, 0.717) is 23.8 Å². The van der Waals surface area contributed by atoms with Crippen LogP contribution in [0.5, 0.6) is 0 Å². The van der Waals surface area contributed by atoms with Crippen molar-refractivity contribution in [3.8, 4) is 0 Å². The van der Waals surface area contributed by atoms with Crippen LogP contribution in [0.25, 0.3) is 0 Å². The van der Waals surface area contributed by atoms with Crippen LogP contribution in [0.3, 0.4) is 0 Å². The SMILES string of the molecule is CCOCCN(C)S(=O)(=O)c1ccc(Cl)c(CCl)c1Cl. The topological polar surface area (TPSA) is 46.6 Å². The molecular formula is C12H16Cl3NO3S. The average molecular weight is 361 g/mol. The first-order valence-electron chi connectivity index (χ1n) is 5.93. The highest BCUT2D eigenvalue weighted by molar-refractivity contribution is 7.89. The van der Waals surface area contributed by atoms with Gasteiger partial charge in [0.2, 0.25) is 10.0 Å². The van der Waals surface area contributed by atoms with E-state index >= 15 is 0 Å². The van der Waals surface area contributed by atoms with E-state index in [4.69, 9.17) is 39.5 Å². The van der Waals surface area contributed by atoms with Gasteiger partial charge in [0.15, 0.2) is 0 Å². The summed E-state index contributed by atoms with van der Waals surface area (Å²) in [5, 5.41) is 0.414. The van der Waals surface area contributed by atoms with Crippen molar-refractivity contribution in [2.24, 2.45) is 0 Å². The van der Waals surface area contributed by atoms with Crippen molar-refractivity contribution >= 4 is 44.8 Å². The zero-order valence-electron chi connectivity index (χ0n) is 11.2. The summed E-state index contributed by atoms with van der Waals surface area (Å²) in [6.45, 7) is 2.94. The fourth-order valence-electron chi connectivity index (χ4n) is 1.52. The summed E-state index contributed by atoms with van der Waals surface area (Å²) >= 11 is 17.8. The Kier molecular flexibility index (Phi) is 7.04. The number of rotatable bonds is 7. The number of likely N-dealkylation sites (N-methyl/N-ethyl adjacent to an activating group) is 1. The normalized spacial score (nSPS) is 12.1. The maximum absolute atomic E-state index is 12.4. The van der Waals surface area contributed by atoms with Gasteiger partial charge in [-0.3, -0.25) is 0 Å². The van der Waals surface area contributed by atoms with Crippen LogP contribution in [0.4, 0.5) is 0 Å². The molecule has 0 fully saturated rings. The van der Waals surface area contributed by atoms with Gasteiger partial charge in [0.25, 0.3) is 0 Å². The molecule has 0 amide bonds. The first kappa shape index (κ1) is 18.0. The number of benzene rings is 1. The van der Waals surface area contributed by atoms with E-state index in [-0.39, 0.29) is 22.3 Å².